The SMILES string of the molecule is O=C(c1cncc(NCCN2CCCC(CO)C2)n1)N1CCCC1. The minimum Gasteiger partial charge on any atom is -0.396 e. The van der Waals surface area contributed by atoms with E-state index in [2.05, 4.69) is 20.2 Å². The van der Waals surface area contributed by atoms with Crippen LogP contribution < -0.4 is 5.32 Å². The summed E-state index contributed by atoms with van der Waals surface area (Å²) in [6.45, 7) is 5.61. The largest absolute Gasteiger partial charge is 0.396 e. The maximum absolute atomic E-state index is 12.4. The monoisotopic (exact) mass is 333 g/mol. The number of aromatic nitrogens is 2. The number of hydrogen-bond donors (Lipinski definition) is 2. The second-order valence-electron chi connectivity index (χ2n) is 6.71. The van der Waals surface area contributed by atoms with Gasteiger partial charge in [-0.2, -0.15) is 0 Å². The summed E-state index contributed by atoms with van der Waals surface area (Å²) in [6.07, 6.45) is 7.61. The number of likely N-dealkylation sites (tertiary alicyclic amines) is 2. The predicted octanol–water partition coefficient (Wildman–Crippen LogP) is 0.829. The van der Waals surface area contributed by atoms with E-state index in [1.54, 1.807) is 12.4 Å². The van der Waals surface area contributed by atoms with E-state index in [1.165, 1.54) is 0 Å². The van der Waals surface area contributed by atoms with Crippen LogP contribution in [-0.4, -0.2) is 76.7 Å². The maximum Gasteiger partial charge on any atom is 0.274 e. The number of aliphatic hydroxyl groups is 1. The molecule has 1 amide bonds. The van der Waals surface area contributed by atoms with Crippen LogP contribution in [0.25, 0.3) is 0 Å². The van der Waals surface area contributed by atoms with Crippen molar-refractivity contribution in [2.24, 2.45) is 5.92 Å². The highest BCUT2D eigenvalue weighted by Gasteiger charge is 2.21. The maximum atomic E-state index is 12.4. The molecule has 2 fully saturated rings. The highest BCUT2D eigenvalue weighted by Crippen LogP contribution is 2.15. The first-order chi connectivity index (χ1) is 11.8. The van der Waals surface area contributed by atoms with E-state index < -0.39 is 0 Å². The molecule has 1 unspecified atom stereocenters. The minimum absolute atomic E-state index is 0.0227. The second-order valence-corrected chi connectivity index (χ2v) is 6.71. The number of piperidine rings is 1. The van der Waals surface area contributed by atoms with Gasteiger partial charge in [-0.15, -0.1) is 0 Å². The van der Waals surface area contributed by atoms with Gasteiger partial charge in [-0.1, -0.05) is 0 Å². The molecule has 2 aliphatic rings. The first kappa shape index (κ1) is 17.1. The molecule has 7 nitrogen and oxygen atoms in total. The van der Waals surface area contributed by atoms with Crippen LogP contribution in [-0.2, 0) is 0 Å². The van der Waals surface area contributed by atoms with Crippen molar-refractivity contribution in [1.82, 2.24) is 19.8 Å². The minimum atomic E-state index is -0.0227. The molecule has 3 rings (SSSR count). The first-order valence-corrected chi connectivity index (χ1v) is 8.94. The van der Waals surface area contributed by atoms with Gasteiger partial charge >= 0.3 is 0 Å². The molecule has 2 aliphatic heterocycles. The predicted molar refractivity (Wildman–Crippen MR) is 91.9 cm³/mol. The molecule has 2 saturated heterocycles. The van der Waals surface area contributed by atoms with Gasteiger partial charge in [0.2, 0.25) is 0 Å². The zero-order chi connectivity index (χ0) is 16.8. The normalized spacial score (nSPS) is 21.9. The Morgan fingerprint density at radius 3 is 2.88 bits per heavy atom. The lowest BCUT2D eigenvalue weighted by Crippen LogP contribution is -2.39. The molecule has 0 spiro atoms. The summed E-state index contributed by atoms with van der Waals surface area (Å²) in [5.74, 6) is 1.03. The van der Waals surface area contributed by atoms with Crippen LogP contribution in [0.4, 0.5) is 5.82 Å². The van der Waals surface area contributed by atoms with Crippen molar-refractivity contribution in [1.29, 1.82) is 0 Å². The summed E-state index contributed by atoms with van der Waals surface area (Å²) >= 11 is 0. The number of nitrogens with one attached hydrogen (secondary N) is 1. The van der Waals surface area contributed by atoms with Gasteiger partial charge in [-0.25, -0.2) is 4.98 Å². The Bertz CT molecular complexity index is 548. The lowest BCUT2D eigenvalue weighted by molar-refractivity contribution is 0.0786. The van der Waals surface area contributed by atoms with Gasteiger partial charge in [0.1, 0.15) is 11.5 Å². The topological polar surface area (TPSA) is 81.6 Å². The van der Waals surface area contributed by atoms with Crippen molar-refractivity contribution in [3.8, 4) is 0 Å². The van der Waals surface area contributed by atoms with Crippen molar-refractivity contribution in [2.45, 2.75) is 25.7 Å². The Labute approximate surface area is 143 Å². The van der Waals surface area contributed by atoms with Crippen LogP contribution in [0.3, 0.4) is 0 Å². The van der Waals surface area contributed by atoms with E-state index in [4.69, 9.17) is 0 Å². The van der Waals surface area contributed by atoms with E-state index in [9.17, 15) is 9.90 Å². The van der Waals surface area contributed by atoms with E-state index >= 15 is 0 Å². The molecular formula is C17H27N5O2. The summed E-state index contributed by atoms with van der Waals surface area (Å²) in [7, 11) is 0. The third kappa shape index (κ3) is 4.42. The molecule has 2 N–H and O–H groups in total. The van der Waals surface area contributed by atoms with Crippen LogP contribution in [0.2, 0.25) is 0 Å². The third-order valence-electron chi connectivity index (χ3n) is 4.84. The van der Waals surface area contributed by atoms with Gasteiger partial charge in [-0.3, -0.25) is 9.78 Å². The van der Waals surface area contributed by atoms with Gasteiger partial charge in [0.05, 0.1) is 12.4 Å². The molecule has 0 radical (unpaired) electrons. The number of anilines is 1. The highest BCUT2D eigenvalue weighted by atomic mass is 16.3. The second kappa shape index (κ2) is 8.39. The van der Waals surface area contributed by atoms with Crippen molar-refractivity contribution in [2.75, 3.05) is 51.2 Å². The van der Waals surface area contributed by atoms with Crippen molar-refractivity contribution < 1.29 is 9.90 Å². The molecule has 1 aromatic rings. The number of nitrogens with zero attached hydrogens (tertiary/aromatic N) is 4. The molecule has 1 atom stereocenters. The number of carbonyl (C=O) groups is 1. The van der Waals surface area contributed by atoms with Crippen molar-refractivity contribution in [3.63, 3.8) is 0 Å². The van der Waals surface area contributed by atoms with E-state index in [1.807, 2.05) is 4.90 Å². The summed E-state index contributed by atoms with van der Waals surface area (Å²) in [4.78, 5) is 25.1. The summed E-state index contributed by atoms with van der Waals surface area (Å²) in [6, 6.07) is 0. The van der Waals surface area contributed by atoms with E-state index in [0.717, 1.165) is 65.0 Å². The molecule has 7 heteroatoms. The van der Waals surface area contributed by atoms with Crippen molar-refractivity contribution >= 4 is 11.7 Å². The Balaban J connectivity index is 1.48. The van der Waals surface area contributed by atoms with Crippen molar-refractivity contribution in [3.05, 3.63) is 18.1 Å². The Morgan fingerprint density at radius 1 is 1.25 bits per heavy atom. The van der Waals surface area contributed by atoms with Gasteiger partial charge in [0.25, 0.3) is 5.91 Å². The van der Waals surface area contributed by atoms with Gasteiger partial charge in [0.15, 0.2) is 0 Å². The standard InChI is InChI=1S/C17H27N5O2/c23-13-14-4-3-6-21(12-14)9-5-19-16-11-18-10-15(20-16)17(24)22-7-1-2-8-22/h10-11,14,23H,1-9,12-13H2,(H,19,20). The zero-order valence-corrected chi connectivity index (χ0v) is 14.2. The molecule has 132 valence electrons. The van der Waals surface area contributed by atoms with Crippen LogP contribution >= 0.6 is 0 Å². The molecule has 0 aliphatic carbocycles. The number of rotatable bonds is 6. The molecule has 0 bridgehead atoms. The average molecular weight is 333 g/mol. The fraction of sp³-hybridized carbons (Fsp3) is 0.706. The molecule has 0 aromatic carbocycles. The number of aliphatic hydroxyl groups excluding tert-OH is 1. The molecule has 3 heterocycles. The number of hydrogen-bond acceptors (Lipinski definition) is 6. The number of carbonyl (C=O) groups excluding carboxylic acids is 1. The van der Waals surface area contributed by atoms with Crippen LogP contribution in [0.5, 0.6) is 0 Å². The van der Waals surface area contributed by atoms with Crippen LogP contribution in [0.15, 0.2) is 12.4 Å². The van der Waals surface area contributed by atoms with Gasteiger partial charge in [0, 0.05) is 39.3 Å². The van der Waals surface area contributed by atoms with Gasteiger partial charge in [-0.05, 0) is 38.1 Å². The lowest BCUT2D eigenvalue weighted by Gasteiger charge is -2.31. The van der Waals surface area contributed by atoms with Crippen LogP contribution in [0, 0.1) is 5.92 Å². The quantitative estimate of drug-likeness (QED) is 0.802. The average Bonchev–Trinajstić information content (AvgIpc) is 3.16. The summed E-state index contributed by atoms with van der Waals surface area (Å²) in [5.41, 5.74) is 0.417. The fourth-order valence-corrected chi connectivity index (χ4v) is 3.48. The highest BCUT2D eigenvalue weighted by molar-refractivity contribution is 5.92. The zero-order valence-electron chi connectivity index (χ0n) is 14.2. The van der Waals surface area contributed by atoms with Crippen LogP contribution in [0.1, 0.15) is 36.2 Å². The molecule has 0 saturated carbocycles. The lowest BCUT2D eigenvalue weighted by atomic mass is 9.99. The molecular weight excluding hydrogens is 306 g/mol. The molecule has 24 heavy (non-hydrogen) atoms. The van der Waals surface area contributed by atoms with Gasteiger partial charge < -0.3 is 20.2 Å². The fourth-order valence-electron chi connectivity index (χ4n) is 3.48. The summed E-state index contributed by atoms with van der Waals surface area (Å²) < 4.78 is 0. The Hall–Kier alpha value is -1.73. The first-order valence-electron chi connectivity index (χ1n) is 8.94. The van der Waals surface area contributed by atoms with E-state index in [0.29, 0.717) is 17.4 Å². The smallest absolute Gasteiger partial charge is 0.274 e. The van der Waals surface area contributed by atoms with E-state index in [-0.39, 0.29) is 12.5 Å². The number of amides is 1. The summed E-state index contributed by atoms with van der Waals surface area (Å²) in [5, 5.41) is 12.6. The molecule has 1 aromatic heterocycles. The third-order valence-corrected chi connectivity index (χ3v) is 4.84. The Kier molecular flexibility index (Phi) is 5.98. The Morgan fingerprint density at radius 2 is 2.08 bits per heavy atom.